The summed E-state index contributed by atoms with van der Waals surface area (Å²) in [5.41, 5.74) is 3.02. The average Bonchev–Trinajstić information content (AvgIpc) is 2.60. The lowest BCUT2D eigenvalue weighted by Gasteiger charge is -2.19. The molecule has 0 unspecified atom stereocenters. The second kappa shape index (κ2) is 4.18. The van der Waals surface area contributed by atoms with Gasteiger partial charge in [0.1, 0.15) is 0 Å². The Kier molecular flexibility index (Phi) is 2.73. The van der Waals surface area contributed by atoms with E-state index in [1.807, 2.05) is 43.3 Å². The smallest absolute Gasteiger partial charge is 0.207 e. The van der Waals surface area contributed by atoms with Gasteiger partial charge in [-0.15, -0.1) is 0 Å². The first-order chi connectivity index (χ1) is 9.01. The molecular weight excluding hydrogens is 258 g/mol. The molecule has 0 saturated heterocycles. The number of sulfonamides is 1. The third-order valence-corrected chi connectivity index (χ3v) is 5.52. The molecule has 1 aliphatic rings. The van der Waals surface area contributed by atoms with Crippen LogP contribution in [0.2, 0.25) is 0 Å². The van der Waals surface area contributed by atoms with Gasteiger partial charge < -0.3 is 0 Å². The van der Waals surface area contributed by atoms with Crippen molar-refractivity contribution in [2.75, 3.05) is 7.05 Å². The zero-order chi connectivity index (χ0) is 13.6. The Morgan fingerprint density at radius 2 is 1.63 bits per heavy atom. The van der Waals surface area contributed by atoms with Gasteiger partial charge in [-0.2, -0.15) is 4.31 Å². The van der Waals surface area contributed by atoms with Crippen LogP contribution in [0.25, 0.3) is 0 Å². The van der Waals surface area contributed by atoms with Gasteiger partial charge >= 0.3 is 0 Å². The minimum atomic E-state index is -3.36. The predicted octanol–water partition coefficient (Wildman–Crippen LogP) is 2.72. The van der Waals surface area contributed by atoms with Crippen LogP contribution in [0.3, 0.4) is 0 Å². The SMILES string of the molecule is Cc1ccc([C@H]2c3ccccc3S(=O)(=O)N2C)cc1. The largest absolute Gasteiger partial charge is 0.244 e. The normalized spacial score (nSPS) is 21.3. The van der Waals surface area contributed by atoms with E-state index in [0.717, 1.165) is 11.1 Å². The van der Waals surface area contributed by atoms with Gasteiger partial charge in [-0.05, 0) is 24.1 Å². The fraction of sp³-hybridized carbons (Fsp3) is 0.200. The number of hydrogen-bond donors (Lipinski definition) is 0. The number of fused-ring (bicyclic) bond motifs is 1. The topological polar surface area (TPSA) is 37.4 Å². The minimum absolute atomic E-state index is 0.221. The molecule has 19 heavy (non-hydrogen) atoms. The molecule has 0 spiro atoms. The van der Waals surface area contributed by atoms with Crippen molar-refractivity contribution in [2.45, 2.75) is 17.9 Å². The van der Waals surface area contributed by atoms with Crippen molar-refractivity contribution in [1.29, 1.82) is 0 Å². The Hall–Kier alpha value is -1.65. The summed E-state index contributed by atoms with van der Waals surface area (Å²) in [5.74, 6) is 0. The molecule has 3 nitrogen and oxygen atoms in total. The van der Waals surface area contributed by atoms with Gasteiger partial charge in [0.15, 0.2) is 0 Å². The monoisotopic (exact) mass is 273 g/mol. The van der Waals surface area contributed by atoms with Crippen LogP contribution in [0.4, 0.5) is 0 Å². The number of aryl methyl sites for hydroxylation is 1. The molecule has 1 heterocycles. The van der Waals surface area contributed by atoms with Crippen molar-refractivity contribution in [1.82, 2.24) is 4.31 Å². The number of rotatable bonds is 1. The quantitative estimate of drug-likeness (QED) is 0.801. The van der Waals surface area contributed by atoms with Crippen LogP contribution in [0.1, 0.15) is 22.7 Å². The summed E-state index contributed by atoms with van der Waals surface area (Å²) in [7, 11) is -1.72. The molecule has 0 bridgehead atoms. The zero-order valence-electron chi connectivity index (χ0n) is 10.9. The van der Waals surface area contributed by atoms with E-state index in [1.54, 1.807) is 19.2 Å². The maximum Gasteiger partial charge on any atom is 0.244 e. The van der Waals surface area contributed by atoms with E-state index >= 15 is 0 Å². The molecule has 0 amide bonds. The Morgan fingerprint density at radius 3 is 2.32 bits per heavy atom. The van der Waals surface area contributed by atoms with E-state index in [2.05, 4.69) is 0 Å². The van der Waals surface area contributed by atoms with Gasteiger partial charge in [0.25, 0.3) is 0 Å². The predicted molar refractivity (Wildman–Crippen MR) is 74.4 cm³/mol. The minimum Gasteiger partial charge on any atom is -0.207 e. The van der Waals surface area contributed by atoms with E-state index < -0.39 is 10.0 Å². The first-order valence-corrected chi connectivity index (χ1v) is 7.59. The highest BCUT2D eigenvalue weighted by molar-refractivity contribution is 7.89. The molecule has 0 N–H and O–H groups in total. The second-order valence-electron chi connectivity index (χ2n) is 4.87. The van der Waals surface area contributed by atoms with E-state index in [1.165, 1.54) is 9.87 Å². The lowest BCUT2D eigenvalue weighted by molar-refractivity contribution is 0.440. The van der Waals surface area contributed by atoms with Crippen LogP contribution < -0.4 is 0 Å². The third kappa shape index (κ3) is 1.79. The molecule has 0 aliphatic carbocycles. The highest BCUT2D eigenvalue weighted by Crippen LogP contribution is 2.41. The van der Waals surface area contributed by atoms with Crippen molar-refractivity contribution in [2.24, 2.45) is 0 Å². The molecule has 1 aliphatic heterocycles. The average molecular weight is 273 g/mol. The summed E-state index contributed by atoms with van der Waals surface area (Å²) in [6.45, 7) is 2.02. The maximum atomic E-state index is 12.4. The van der Waals surface area contributed by atoms with Crippen LogP contribution in [0, 0.1) is 6.92 Å². The standard InChI is InChI=1S/C15H15NO2S/c1-11-7-9-12(10-8-11)15-13-5-3-4-6-14(13)19(17,18)16(15)2/h3-10,15H,1-2H3/t15-/m0/s1. The van der Waals surface area contributed by atoms with E-state index in [4.69, 9.17) is 0 Å². The molecular formula is C15H15NO2S. The van der Waals surface area contributed by atoms with Gasteiger partial charge in [-0.3, -0.25) is 0 Å². The molecule has 2 aromatic rings. The summed E-state index contributed by atoms with van der Waals surface area (Å²) < 4.78 is 26.2. The Morgan fingerprint density at radius 1 is 1.00 bits per heavy atom. The molecule has 1 atom stereocenters. The zero-order valence-corrected chi connectivity index (χ0v) is 11.7. The first kappa shape index (κ1) is 12.4. The maximum absolute atomic E-state index is 12.4. The van der Waals surface area contributed by atoms with Crippen molar-refractivity contribution in [3.63, 3.8) is 0 Å². The van der Waals surface area contributed by atoms with Crippen molar-refractivity contribution in [3.8, 4) is 0 Å². The van der Waals surface area contributed by atoms with Crippen LogP contribution in [0.5, 0.6) is 0 Å². The summed E-state index contributed by atoms with van der Waals surface area (Å²) >= 11 is 0. The van der Waals surface area contributed by atoms with Crippen LogP contribution >= 0.6 is 0 Å². The van der Waals surface area contributed by atoms with Gasteiger partial charge in [0, 0.05) is 7.05 Å². The molecule has 98 valence electrons. The summed E-state index contributed by atoms with van der Waals surface area (Å²) in [6.07, 6.45) is 0. The lowest BCUT2D eigenvalue weighted by Crippen LogP contribution is -2.24. The Balaban J connectivity index is 2.21. The fourth-order valence-electron chi connectivity index (χ4n) is 2.57. The van der Waals surface area contributed by atoms with Gasteiger partial charge in [-0.25, -0.2) is 8.42 Å². The van der Waals surface area contributed by atoms with Crippen LogP contribution in [0.15, 0.2) is 53.4 Å². The molecule has 2 aromatic carbocycles. The van der Waals surface area contributed by atoms with Crippen molar-refractivity contribution in [3.05, 3.63) is 65.2 Å². The highest BCUT2D eigenvalue weighted by atomic mass is 32.2. The summed E-state index contributed by atoms with van der Waals surface area (Å²) in [5, 5.41) is 0. The van der Waals surface area contributed by atoms with Gasteiger partial charge in [0.2, 0.25) is 10.0 Å². The third-order valence-electron chi connectivity index (χ3n) is 3.63. The van der Waals surface area contributed by atoms with Crippen molar-refractivity contribution >= 4 is 10.0 Å². The molecule has 0 fully saturated rings. The Bertz CT molecular complexity index is 720. The molecule has 0 radical (unpaired) electrons. The van der Waals surface area contributed by atoms with Crippen molar-refractivity contribution < 1.29 is 8.42 Å². The molecule has 3 rings (SSSR count). The summed E-state index contributed by atoms with van der Waals surface area (Å²) in [6, 6.07) is 15.0. The van der Waals surface area contributed by atoms with Gasteiger partial charge in [0.05, 0.1) is 10.9 Å². The molecule has 4 heteroatoms. The van der Waals surface area contributed by atoms with E-state index in [0.29, 0.717) is 4.90 Å². The summed E-state index contributed by atoms with van der Waals surface area (Å²) in [4.78, 5) is 0.420. The lowest BCUT2D eigenvalue weighted by atomic mass is 9.98. The van der Waals surface area contributed by atoms with Gasteiger partial charge in [-0.1, -0.05) is 48.0 Å². The first-order valence-electron chi connectivity index (χ1n) is 6.15. The molecule has 0 aromatic heterocycles. The van der Waals surface area contributed by atoms with Crippen LogP contribution in [-0.2, 0) is 10.0 Å². The number of benzene rings is 2. The van der Waals surface area contributed by atoms with E-state index in [9.17, 15) is 8.42 Å². The highest BCUT2D eigenvalue weighted by Gasteiger charge is 2.40. The van der Waals surface area contributed by atoms with Crippen LogP contribution in [-0.4, -0.2) is 19.8 Å². The van der Waals surface area contributed by atoms with E-state index in [-0.39, 0.29) is 6.04 Å². The fourth-order valence-corrected chi connectivity index (χ4v) is 4.12. The second-order valence-corrected chi connectivity index (χ2v) is 6.84. The molecule has 0 saturated carbocycles. The Labute approximate surface area is 113 Å². The number of nitrogens with zero attached hydrogens (tertiary/aromatic N) is 1. The number of hydrogen-bond acceptors (Lipinski definition) is 2.